The second-order valence-electron chi connectivity index (χ2n) is 17.6. The van der Waals surface area contributed by atoms with Gasteiger partial charge < -0.3 is 99.0 Å². The summed E-state index contributed by atoms with van der Waals surface area (Å²) in [5.41, 5.74) is -1.47. The highest BCUT2D eigenvalue weighted by atomic mass is 32.2. The fraction of sp³-hybridized carbons (Fsp3) is 0.977. The topological polar surface area (TPSA) is 314 Å². The Morgan fingerprint density at radius 1 is 0.612 bits per heavy atom. The Bertz CT molecular complexity index is 1370. The number of hydrogen-bond donors (Lipinski definition) is 11. The van der Waals surface area contributed by atoms with Crippen molar-refractivity contribution in [3.63, 3.8) is 0 Å². The number of aliphatic hydroxyl groups is 10. The maximum Gasteiger partial charge on any atom is 0.279 e. The van der Waals surface area contributed by atoms with Crippen molar-refractivity contribution in [3.8, 4) is 0 Å². The first-order chi connectivity index (χ1) is 32.1. The molecule has 3 heterocycles. The van der Waals surface area contributed by atoms with Gasteiger partial charge in [0.25, 0.3) is 5.24 Å². The van der Waals surface area contributed by atoms with Crippen LogP contribution in [0.2, 0.25) is 0 Å². The Hall–Kier alpha value is -0.240. The van der Waals surface area contributed by atoms with E-state index in [0.717, 1.165) is 61.1 Å². The maximum atomic E-state index is 12.4. The number of carbonyl (C=O) groups is 1. The molecule has 1 saturated carbocycles. The van der Waals surface area contributed by atoms with Crippen LogP contribution in [0.4, 0.5) is 4.79 Å². The van der Waals surface area contributed by atoms with Crippen LogP contribution < -0.4 is 5.32 Å². The van der Waals surface area contributed by atoms with E-state index in [1.807, 2.05) is 11.8 Å². The highest BCUT2D eigenvalue weighted by Gasteiger charge is 2.51. The number of nitrogens with one attached hydrogen (secondary N) is 1. The molecule has 0 aromatic heterocycles. The molecular weight excluding hydrogens is 947 g/mol. The molecule has 4 rings (SSSR count). The van der Waals surface area contributed by atoms with Crippen molar-refractivity contribution in [2.24, 2.45) is 5.92 Å². The molecule has 1 aliphatic carbocycles. The number of ether oxygens (including phenoxy) is 9. The van der Waals surface area contributed by atoms with Gasteiger partial charge in [0, 0.05) is 45.5 Å². The zero-order chi connectivity index (χ0) is 49.1. The van der Waals surface area contributed by atoms with E-state index in [1.54, 1.807) is 11.8 Å². The number of carbonyl (C=O) groups excluding carboxylic acids is 1. The van der Waals surface area contributed by atoms with Gasteiger partial charge in [-0.15, -0.1) is 0 Å². The molecule has 4 aliphatic rings. The fourth-order valence-corrected chi connectivity index (χ4v) is 11.0. The summed E-state index contributed by atoms with van der Waals surface area (Å²) in [5, 5.41) is 109. The van der Waals surface area contributed by atoms with Crippen LogP contribution in [0, 0.1) is 5.92 Å². The number of hydrogen-bond acceptors (Lipinski definition) is 23. The summed E-state index contributed by atoms with van der Waals surface area (Å²) in [5.74, 6) is 3.63. The molecule has 1 amide bonds. The van der Waals surface area contributed by atoms with Gasteiger partial charge in [-0.2, -0.15) is 23.5 Å². The minimum absolute atomic E-state index is 0.176. The molecule has 0 bridgehead atoms. The quantitative estimate of drug-likeness (QED) is 0.0412. The molecule has 21 nitrogen and oxygen atoms in total. The van der Waals surface area contributed by atoms with Crippen molar-refractivity contribution < 1.29 is 98.5 Å². The Morgan fingerprint density at radius 2 is 1.12 bits per heavy atom. The predicted molar refractivity (Wildman–Crippen MR) is 247 cm³/mol. The number of thioether (sulfide) groups is 3. The molecule has 11 N–H and O–H groups in total. The summed E-state index contributed by atoms with van der Waals surface area (Å²) in [6, 6.07) is 0. The van der Waals surface area contributed by atoms with Gasteiger partial charge in [-0.1, -0.05) is 31.5 Å². The Balaban J connectivity index is 1.24. The SMILES string of the molecule is CCCSCCCCCOC1C(OCC2OC(OC)C(O)C(O)C2O)OC(COC2OC(OC)C(O)C(O)C2OCCCCCSCCNC(=O)SCC2CCC(O)C(O)C2(C)O)C(O)C1O. The van der Waals surface area contributed by atoms with Crippen LogP contribution in [0.1, 0.15) is 71.6 Å². The molecule has 3 saturated heterocycles. The molecule has 0 aromatic rings. The normalized spacial score (nSPS) is 39.4. The van der Waals surface area contributed by atoms with Crippen molar-refractivity contribution in [1.82, 2.24) is 5.32 Å². The van der Waals surface area contributed by atoms with Crippen LogP contribution in [0.25, 0.3) is 0 Å². The van der Waals surface area contributed by atoms with Crippen molar-refractivity contribution >= 4 is 40.5 Å². The third kappa shape index (κ3) is 17.7. The molecule has 3 aliphatic heterocycles. The van der Waals surface area contributed by atoms with Crippen LogP contribution in [0.3, 0.4) is 0 Å². The highest BCUT2D eigenvalue weighted by Crippen LogP contribution is 2.36. The molecule has 24 heteroatoms. The summed E-state index contributed by atoms with van der Waals surface area (Å²) in [6.45, 7) is 3.66. The van der Waals surface area contributed by atoms with E-state index < -0.39 is 123 Å². The van der Waals surface area contributed by atoms with E-state index in [4.69, 9.17) is 42.6 Å². The fourth-order valence-electron chi connectivity index (χ4n) is 8.21. The van der Waals surface area contributed by atoms with Crippen LogP contribution in [-0.2, 0) is 42.6 Å². The molecular formula is C43H79NO20S3. The van der Waals surface area contributed by atoms with Crippen LogP contribution in [-0.4, -0.2) is 242 Å². The van der Waals surface area contributed by atoms with E-state index in [2.05, 4.69) is 12.2 Å². The van der Waals surface area contributed by atoms with Crippen molar-refractivity contribution in [2.75, 3.05) is 76.0 Å². The molecule has 19 atom stereocenters. The lowest BCUT2D eigenvalue weighted by Gasteiger charge is -2.45. The van der Waals surface area contributed by atoms with Gasteiger partial charge in [-0.05, 0) is 75.0 Å². The monoisotopic (exact) mass is 1030 g/mol. The summed E-state index contributed by atoms with van der Waals surface area (Å²) in [4.78, 5) is 12.4. The number of aliphatic hydroxyl groups excluding tert-OH is 9. The van der Waals surface area contributed by atoms with Crippen LogP contribution >= 0.6 is 35.3 Å². The van der Waals surface area contributed by atoms with E-state index in [1.165, 1.54) is 21.1 Å². The van der Waals surface area contributed by atoms with E-state index in [-0.39, 0.29) is 24.4 Å². The third-order valence-electron chi connectivity index (χ3n) is 12.5. The smallest absolute Gasteiger partial charge is 0.279 e. The summed E-state index contributed by atoms with van der Waals surface area (Å²) >= 11 is 4.60. The predicted octanol–water partition coefficient (Wildman–Crippen LogP) is -0.716. The zero-order valence-corrected chi connectivity index (χ0v) is 41.6. The third-order valence-corrected chi connectivity index (χ3v) is 15.8. The number of amides is 1. The average molecular weight is 1030 g/mol. The second-order valence-corrected chi connectivity index (χ2v) is 21.0. The highest BCUT2D eigenvalue weighted by molar-refractivity contribution is 8.13. The Labute approximate surface area is 406 Å². The number of unbranched alkanes of at least 4 members (excludes halogenated alkanes) is 4. The Kier molecular flexibility index (Phi) is 27.2. The first kappa shape index (κ1) is 59.3. The average Bonchev–Trinajstić information content (AvgIpc) is 3.31. The summed E-state index contributed by atoms with van der Waals surface area (Å²) in [7, 11) is 2.55. The largest absolute Gasteiger partial charge is 0.390 e. The van der Waals surface area contributed by atoms with Gasteiger partial charge in [0.1, 0.15) is 73.2 Å². The van der Waals surface area contributed by atoms with E-state index in [0.29, 0.717) is 43.7 Å². The first-order valence-corrected chi connectivity index (χ1v) is 26.8. The van der Waals surface area contributed by atoms with Gasteiger partial charge >= 0.3 is 0 Å². The lowest BCUT2D eigenvalue weighted by molar-refractivity contribution is -0.365. The number of methoxy groups -OCH3 is 2. The summed E-state index contributed by atoms with van der Waals surface area (Å²) < 4.78 is 51.9. The zero-order valence-electron chi connectivity index (χ0n) is 39.1. The van der Waals surface area contributed by atoms with E-state index in [9.17, 15) is 55.9 Å². The molecule has 67 heavy (non-hydrogen) atoms. The van der Waals surface area contributed by atoms with Crippen LogP contribution in [0.5, 0.6) is 0 Å². The van der Waals surface area contributed by atoms with E-state index >= 15 is 0 Å². The molecule has 0 radical (unpaired) electrons. The van der Waals surface area contributed by atoms with Gasteiger partial charge in [0.15, 0.2) is 25.2 Å². The van der Waals surface area contributed by atoms with Gasteiger partial charge in [0.05, 0.1) is 24.9 Å². The molecule has 0 spiro atoms. The lowest BCUT2D eigenvalue weighted by atomic mass is 9.74. The standard InChI is InChI=1S/C43H79NO20S3/c1-5-17-65-18-10-6-8-15-58-35-31(49)29(47)27(63-40(35)60-21-26-28(46)30(48)33(51)38(56-3)62-26)22-61-41-36(32(50)34(52)39(57-4)64-41)59-16-9-7-11-19-66-20-14-44-42(54)67-23-24-12-13-25(45)37(53)43(24,2)55/h24-41,45-53,55H,5-23H2,1-4H3,(H,44,54). The maximum absolute atomic E-state index is 12.4. The minimum Gasteiger partial charge on any atom is -0.390 e. The Morgan fingerprint density at radius 3 is 1.70 bits per heavy atom. The minimum atomic E-state index is -1.61. The molecule has 394 valence electrons. The second kappa shape index (κ2) is 30.7. The number of rotatable bonds is 29. The first-order valence-electron chi connectivity index (χ1n) is 23.5. The van der Waals surface area contributed by atoms with Gasteiger partial charge in [0.2, 0.25) is 0 Å². The summed E-state index contributed by atoms with van der Waals surface area (Å²) in [6.07, 6.45) is -16.3. The molecule has 4 fully saturated rings. The molecule has 0 aromatic carbocycles. The van der Waals surface area contributed by atoms with Gasteiger partial charge in [-0.25, -0.2) is 0 Å². The van der Waals surface area contributed by atoms with Crippen LogP contribution in [0.15, 0.2) is 0 Å². The van der Waals surface area contributed by atoms with Gasteiger partial charge in [-0.3, -0.25) is 4.79 Å². The van der Waals surface area contributed by atoms with Crippen molar-refractivity contribution in [3.05, 3.63) is 0 Å². The van der Waals surface area contributed by atoms with Crippen molar-refractivity contribution in [1.29, 1.82) is 0 Å². The molecule has 19 unspecified atom stereocenters. The lowest BCUT2D eigenvalue weighted by Crippen LogP contribution is -2.63. The van der Waals surface area contributed by atoms with Crippen molar-refractivity contribution in [2.45, 2.75) is 182 Å².